The van der Waals surface area contributed by atoms with Gasteiger partial charge in [-0.05, 0) is 62.4 Å². The minimum atomic E-state index is -3.82. The first-order valence-corrected chi connectivity index (χ1v) is 6.45. The third-order valence-corrected chi connectivity index (χ3v) is 4.71. The first-order valence-electron chi connectivity index (χ1n) is 4.97. The molecule has 0 aliphatic rings. The highest BCUT2D eigenvalue weighted by Crippen LogP contribution is 2.28. The molecule has 0 aliphatic heterocycles. The molecule has 0 spiro atoms. The molecule has 0 amide bonds. The van der Waals surface area contributed by atoms with E-state index in [0.29, 0.717) is 11.1 Å². The van der Waals surface area contributed by atoms with Crippen molar-refractivity contribution in [1.29, 1.82) is 0 Å². The number of sulfonamides is 1. The van der Waals surface area contributed by atoms with Crippen molar-refractivity contribution in [2.24, 2.45) is 0 Å². The van der Waals surface area contributed by atoms with Crippen LogP contribution in [-0.2, 0) is 10.0 Å². The Morgan fingerprint density at radius 2 is 1.12 bits per heavy atom. The average Bonchev–Trinajstić information content (AvgIpc) is 2.23. The van der Waals surface area contributed by atoms with Gasteiger partial charge in [-0.1, -0.05) is 4.89 Å². The van der Waals surface area contributed by atoms with Gasteiger partial charge in [0.05, 0.1) is 4.90 Å². The van der Waals surface area contributed by atoms with E-state index in [2.05, 4.69) is 0 Å². The van der Waals surface area contributed by atoms with Crippen LogP contribution in [0.5, 0.6) is 0 Å². The van der Waals surface area contributed by atoms with E-state index < -0.39 is 10.0 Å². The van der Waals surface area contributed by atoms with Crippen LogP contribution in [-0.4, -0.2) is 13.6 Å². The summed E-state index contributed by atoms with van der Waals surface area (Å²) in [6, 6.07) is 0. The van der Waals surface area contributed by atoms with E-state index in [1.165, 1.54) is 4.89 Å². The van der Waals surface area contributed by atoms with Crippen LogP contribution < -0.4 is 4.89 Å². The number of hydrogen-bond acceptors (Lipinski definition) is 3. The van der Waals surface area contributed by atoms with Crippen LogP contribution in [0.4, 0.5) is 0 Å². The molecule has 5 heteroatoms. The van der Waals surface area contributed by atoms with Gasteiger partial charge in [0.1, 0.15) is 0 Å². The smallest absolute Gasteiger partial charge is 0.262 e. The maximum absolute atomic E-state index is 11.7. The topological polar surface area (TPSA) is 66.4 Å². The number of benzene rings is 1. The Labute approximate surface area is 96.3 Å². The molecular weight excluding hydrogens is 226 g/mol. The van der Waals surface area contributed by atoms with Gasteiger partial charge in [0.15, 0.2) is 0 Å². The molecule has 0 saturated carbocycles. The molecule has 90 valence electrons. The van der Waals surface area contributed by atoms with E-state index in [0.717, 1.165) is 16.7 Å². The number of rotatable bonds is 2. The Bertz CT molecular complexity index is 504. The van der Waals surface area contributed by atoms with Gasteiger partial charge >= 0.3 is 0 Å². The lowest BCUT2D eigenvalue weighted by atomic mass is 9.95. The first kappa shape index (κ1) is 13.2. The van der Waals surface area contributed by atoms with Crippen LogP contribution in [0.3, 0.4) is 0 Å². The highest BCUT2D eigenvalue weighted by Gasteiger charge is 2.22. The third-order valence-electron chi connectivity index (χ3n) is 3.32. The summed E-state index contributed by atoms with van der Waals surface area (Å²) in [5.74, 6) is 0. The number of nitrogens with one attached hydrogen (secondary N) is 1. The fourth-order valence-corrected chi connectivity index (χ4v) is 3.12. The molecule has 1 aromatic carbocycles. The highest BCUT2D eigenvalue weighted by molar-refractivity contribution is 7.89. The zero-order valence-corrected chi connectivity index (χ0v) is 11.0. The second-order valence-corrected chi connectivity index (χ2v) is 5.65. The minimum Gasteiger partial charge on any atom is -0.302 e. The van der Waals surface area contributed by atoms with Crippen molar-refractivity contribution < 1.29 is 13.6 Å². The van der Waals surface area contributed by atoms with Gasteiger partial charge in [0.25, 0.3) is 10.0 Å². The van der Waals surface area contributed by atoms with Gasteiger partial charge in [-0.25, -0.2) is 8.42 Å². The molecule has 1 rings (SSSR count). The van der Waals surface area contributed by atoms with Gasteiger partial charge in [0, 0.05) is 0 Å². The largest absolute Gasteiger partial charge is 0.302 e. The van der Waals surface area contributed by atoms with Gasteiger partial charge in [-0.2, -0.15) is 0 Å². The molecule has 0 aliphatic carbocycles. The van der Waals surface area contributed by atoms with Gasteiger partial charge < -0.3 is 5.21 Å². The molecule has 0 saturated heterocycles. The predicted molar refractivity (Wildman–Crippen MR) is 62.2 cm³/mol. The van der Waals surface area contributed by atoms with Crippen molar-refractivity contribution in [2.45, 2.75) is 39.5 Å². The molecule has 0 bridgehead atoms. The van der Waals surface area contributed by atoms with Crippen LogP contribution in [0, 0.1) is 34.6 Å². The molecule has 4 nitrogen and oxygen atoms in total. The molecule has 1 aromatic rings. The predicted octanol–water partition coefficient (Wildman–Crippen LogP) is 1.90. The molecule has 0 radical (unpaired) electrons. The summed E-state index contributed by atoms with van der Waals surface area (Å²) in [7, 11) is -3.82. The average molecular weight is 243 g/mol. The summed E-state index contributed by atoms with van der Waals surface area (Å²) >= 11 is 0. The fourth-order valence-electron chi connectivity index (χ4n) is 1.91. The molecule has 0 atom stereocenters. The van der Waals surface area contributed by atoms with E-state index in [4.69, 9.17) is 5.21 Å². The zero-order valence-electron chi connectivity index (χ0n) is 10.2. The Hall–Kier alpha value is -0.910. The maximum atomic E-state index is 11.7. The Balaban J connectivity index is 3.79. The monoisotopic (exact) mass is 243 g/mol. The summed E-state index contributed by atoms with van der Waals surface area (Å²) in [6.45, 7) is 9.23. The lowest BCUT2D eigenvalue weighted by Crippen LogP contribution is -2.22. The standard InChI is InChI=1S/C11H17NO3S/c1-6-7(2)9(4)11(10(5)8(6)3)16(14,15)12-13/h12-13H,1-5H3. The SMILES string of the molecule is Cc1c(C)c(C)c(S(=O)(=O)NO)c(C)c1C. The zero-order chi connectivity index (χ0) is 12.7. The van der Waals surface area contributed by atoms with Crippen LogP contribution in [0.15, 0.2) is 4.90 Å². The maximum Gasteiger partial charge on any atom is 0.262 e. The fraction of sp³-hybridized carbons (Fsp3) is 0.455. The summed E-state index contributed by atoms with van der Waals surface area (Å²) < 4.78 is 23.4. The van der Waals surface area contributed by atoms with Gasteiger partial charge in [0.2, 0.25) is 0 Å². The number of hydrogen-bond donors (Lipinski definition) is 2. The van der Waals surface area contributed by atoms with Crippen LogP contribution in [0.1, 0.15) is 27.8 Å². The van der Waals surface area contributed by atoms with Crippen LogP contribution >= 0.6 is 0 Å². The molecule has 0 heterocycles. The van der Waals surface area contributed by atoms with Crippen LogP contribution in [0.2, 0.25) is 0 Å². The summed E-state index contributed by atoms with van der Waals surface area (Å²) in [5, 5.41) is 8.71. The summed E-state index contributed by atoms with van der Waals surface area (Å²) in [6.07, 6.45) is 0. The van der Waals surface area contributed by atoms with Gasteiger partial charge in [-0.15, -0.1) is 0 Å². The van der Waals surface area contributed by atoms with E-state index in [9.17, 15) is 8.42 Å². The van der Waals surface area contributed by atoms with Crippen molar-refractivity contribution in [3.8, 4) is 0 Å². The Morgan fingerprint density at radius 3 is 1.44 bits per heavy atom. The van der Waals surface area contributed by atoms with Crippen molar-refractivity contribution in [3.05, 3.63) is 27.8 Å². The second-order valence-electron chi connectivity index (χ2n) is 4.05. The van der Waals surface area contributed by atoms with Crippen molar-refractivity contribution >= 4 is 10.0 Å². The lowest BCUT2D eigenvalue weighted by Gasteiger charge is -2.17. The molecular formula is C11H17NO3S. The van der Waals surface area contributed by atoms with Crippen molar-refractivity contribution in [3.63, 3.8) is 0 Å². The molecule has 0 unspecified atom stereocenters. The minimum absolute atomic E-state index is 0.176. The third kappa shape index (κ3) is 1.86. The van der Waals surface area contributed by atoms with E-state index in [-0.39, 0.29) is 4.90 Å². The summed E-state index contributed by atoms with van der Waals surface area (Å²) in [5.41, 5.74) is 4.34. The van der Waals surface area contributed by atoms with Crippen LogP contribution in [0.25, 0.3) is 0 Å². The molecule has 2 N–H and O–H groups in total. The van der Waals surface area contributed by atoms with Crippen molar-refractivity contribution in [1.82, 2.24) is 4.89 Å². The molecule has 16 heavy (non-hydrogen) atoms. The van der Waals surface area contributed by atoms with Crippen molar-refractivity contribution in [2.75, 3.05) is 0 Å². The highest BCUT2D eigenvalue weighted by atomic mass is 32.2. The Kier molecular flexibility index (Phi) is 3.42. The first-order chi connectivity index (χ1) is 7.24. The quantitative estimate of drug-likeness (QED) is 0.780. The van der Waals surface area contributed by atoms with Gasteiger partial charge in [-0.3, -0.25) is 0 Å². The Morgan fingerprint density at radius 1 is 0.812 bits per heavy atom. The lowest BCUT2D eigenvalue weighted by molar-refractivity contribution is 0.242. The summed E-state index contributed by atoms with van der Waals surface area (Å²) in [4.78, 5) is 1.56. The van der Waals surface area contributed by atoms with E-state index in [1.807, 2.05) is 20.8 Å². The van der Waals surface area contributed by atoms with E-state index >= 15 is 0 Å². The normalized spacial score (nSPS) is 11.9. The second kappa shape index (κ2) is 4.16. The molecule has 0 aromatic heterocycles. The molecule has 0 fully saturated rings. The van der Waals surface area contributed by atoms with E-state index in [1.54, 1.807) is 13.8 Å².